The van der Waals surface area contributed by atoms with Gasteiger partial charge in [-0.3, -0.25) is 14.2 Å². The number of carbonyl (C=O) groups is 1. The van der Waals surface area contributed by atoms with Gasteiger partial charge in [-0.05, 0) is 31.5 Å². The minimum atomic E-state index is -5.13. The summed E-state index contributed by atoms with van der Waals surface area (Å²) in [6.45, 7) is 4.19. The van der Waals surface area contributed by atoms with Gasteiger partial charge in [-0.1, -0.05) is 0 Å². The summed E-state index contributed by atoms with van der Waals surface area (Å²) in [5, 5.41) is 0.417. The van der Waals surface area contributed by atoms with Gasteiger partial charge in [0, 0.05) is 49.2 Å². The first-order valence-corrected chi connectivity index (χ1v) is 16.4. The number of carbonyl (C=O) groups excluding carboxylic acids is 1. The van der Waals surface area contributed by atoms with Gasteiger partial charge in [-0.2, -0.15) is 13.2 Å². The van der Waals surface area contributed by atoms with Crippen LogP contribution in [0.25, 0.3) is 20.4 Å². The zero-order valence-corrected chi connectivity index (χ0v) is 28.8. The molecule has 0 saturated carbocycles. The van der Waals surface area contributed by atoms with E-state index in [0.29, 0.717) is 74.2 Å². The number of rotatable bonds is 15. The molecule has 4 heterocycles. The van der Waals surface area contributed by atoms with Crippen molar-refractivity contribution in [3.8, 4) is 11.5 Å². The van der Waals surface area contributed by atoms with Gasteiger partial charge in [0.1, 0.15) is 21.0 Å². The van der Waals surface area contributed by atoms with E-state index >= 15 is 0 Å². The van der Waals surface area contributed by atoms with Crippen LogP contribution in [0.4, 0.5) is 13.2 Å². The number of thiophene rings is 1. The number of fused-ring (bicyclic) bond motifs is 4. The van der Waals surface area contributed by atoms with Crippen LogP contribution in [0.1, 0.15) is 36.2 Å². The zero-order chi connectivity index (χ0) is 35.3. The predicted octanol–water partition coefficient (Wildman–Crippen LogP) is 4.49. The monoisotopic (exact) mass is 708 g/mol. The lowest BCUT2D eigenvalue weighted by Gasteiger charge is -2.33. The van der Waals surface area contributed by atoms with Gasteiger partial charge >= 0.3 is 12.1 Å². The Kier molecular flexibility index (Phi) is 11.4. The molecule has 0 aliphatic carbocycles. The number of benzene rings is 1. The molecule has 49 heavy (non-hydrogen) atoms. The van der Waals surface area contributed by atoms with Crippen molar-refractivity contribution in [3.63, 3.8) is 0 Å². The molecule has 0 saturated heterocycles. The molecule has 3 aromatic heterocycles. The van der Waals surface area contributed by atoms with Crippen LogP contribution in [0, 0.1) is 0 Å². The minimum Gasteiger partial charge on any atom is -0.497 e. The first-order chi connectivity index (χ1) is 23.4. The maximum atomic E-state index is 13.9. The average Bonchev–Trinajstić information content (AvgIpc) is 3.44. The van der Waals surface area contributed by atoms with Crippen LogP contribution in [0.2, 0.25) is 0 Å². The van der Waals surface area contributed by atoms with Crippen molar-refractivity contribution in [1.82, 2.24) is 19.4 Å². The number of halogens is 3. The van der Waals surface area contributed by atoms with Crippen LogP contribution in [0.5, 0.6) is 11.5 Å². The normalized spacial score (nSPS) is 14.3. The third-order valence-corrected chi connectivity index (χ3v) is 9.18. The quantitative estimate of drug-likeness (QED) is 0.163. The fourth-order valence-electron chi connectivity index (χ4n) is 5.61. The molecule has 0 fully saturated rings. The Balaban J connectivity index is 1.54. The van der Waals surface area contributed by atoms with Gasteiger partial charge in [-0.25, -0.2) is 9.97 Å². The largest absolute Gasteiger partial charge is 0.497 e. The molecular weight excluding hydrogens is 669 g/mol. The topological polar surface area (TPSA) is 123 Å². The molecule has 0 N–H and O–H groups in total. The lowest BCUT2D eigenvalue weighted by atomic mass is 9.92. The second-order valence-electron chi connectivity index (χ2n) is 12.0. The summed E-state index contributed by atoms with van der Waals surface area (Å²) in [4.78, 5) is 37.3. The maximum Gasteiger partial charge on any atom is 0.471 e. The molecule has 1 amide bonds. The Morgan fingerprint density at radius 1 is 1.08 bits per heavy atom. The number of methoxy groups -OCH3 is 3. The van der Waals surface area contributed by atoms with E-state index < -0.39 is 24.2 Å². The molecule has 12 nitrogen and oxygen atoms in total. The number of hydrogen-bond acceptors (Lipinski definition) is 11. The van der Waals surface area contributed by atoms with Crippen molar-refractivity contribution in [2.45, 2.75) is 51.7 Å². The first-order valence-electron chi connectivity index (χ1n) is 15.5. The highest BCUT2D eigenvalue weighted by molar-refractivity contribution is 7.25. The van der Waals surface area contributed by atoms with Gasteiger partial charge < -0.3 is 33.3 Å². The highest BCUT2D eigenvalue weighted by Gasteiger charge is 2.43. The predicted molar refractivity (Wildman–Crippen MR) is 175 cm³/mol. The Morgan fingerprint density at radius 3 is 2.51 bits per heavy atom. The summed E-state index contributed by atoms with van der Waals surface area (Å²) in [6.07, 6.45) is -3.35. The second-order valence-corrected chi connectivity index (χ2v) is 13.0. The van der Waals surface area contributed by atoms with Crippen LogP contribution >= 0.6 is 11.3 Å². The Morgan fingerprint density at radius 2 is 1.82 bits per heavy atom. The van der Waals surface area contributed by atoms with Crippen LogP contribution < -0.4 is 15.0 Å². The Labute approximate surface area is 284 Å². The summed E-state index contributed by atoms with van der Waals surface area (Å²) in [5.41, 5.74) is 1.70. The van der Waals surface area contributed by atoms with Gasteiger partial charge in [0.2, 0.25) is 0 Å². The van der Waals surface area contributed by atoms with E-state index in [1.807, 2.05) is 13.8 Å². The van der Waals surface area contributed by atoms with E-state index in [1.165, 1.54) is 18.0 Å². The molecule has 5 rings (SSSR count). The number of amides is 1. The zero-order valence-electron chi connectivity index (χ0n) is 28.0. The molecule has 1 aliphatic heterocycles. The Hall–Kier alpha value is -3.83. The molecule has 0 unspecified atom stereocenters. The molecule has 0 bridgehead atoms. The lowest BCUT2D eigenvalue weighted by Crippen LogP contribution is -2.43. The van der Waals surface area contributed by atoms with Gasteiger partial charge in [0.05, 0.1) is 83.5 Å². The van der Waals surface area contributed by atoms with E-state index in [2.05, 4.69) is 4.98 Å². The van der Waals surface area contributed by atoms with Crippen LogP contribution in [0.15, 0.2) is 29.3 Å². The van der Waals surface area contributed by atoms with Crippen molar-refractivity contribution in [2.24, 2.45) is 0 Å². The Bertz CT molecular complexity index is 1860. The maximum absolute atomic E-state index is 13.9. The molecule has 1 aromatic carbocycles. The summed E-state index contributed by atoms with van der Waals surface area (Å²) >= 11 is 1.12. The second kappa shape index (κ2) is 15.4. The van der Waals surface area contributed by atoms with Crippen molar-refractivity contribution in [3.05, 3.63) is 57.3 Å². The summed E-state index contributed by atoms with van der Waals surface area (Å²) < 4.78 is 76.0. The third kappa shape index (κ3) is 8.32. The van der Waals surface area contributed by atoms with Crippen molar-refractivity contribution >= 4 is 37.7 Å². The van der Waals surface area contributed by atoms with E-state index in [0.717, 1.165) is 11.3 Å². The fourth-order valence-corrected chi connectivity index (χ4v) is 6.74. The number of ether oxygens (including phenoxy) is 6. The molecule has 1 aliphatic rings. The van der Waals surface area contributed by atoms with Gasteiger partial charge in [0.15, 0.2) is 0 Å². The average molecular weight is 709 g/mol. The smallest absolute Gasteiger partial charge is 0.471 e. The molecular formula is C33H39F3N4O8S. The van der Waals surface area contributed by atoms with E-state index in [1.54, 1.807) is 32.4 Å². The van der Waals surface area contributed by atoms with E-state index in [-0.39, 0.29) is 49.8 Å². The SMILES string of the molecule is COCCOCCOCCN(Cc1c2c(nc3sc4c(=O)n(Cc5ccc(OC)cc5OC)cnc4c13)CC(C)(C)OC2)C(=O)C(F)(F)F. The molecule has 0 radical (unpaired) electrons. The van der Waals surface area contributed by atoms with Gasteiger partial charge in [0.25, 0.3) is 5.56 Å². The number of pyridine rings is 1. The molecule has 16 heteroatoms. The number of alkyl halides is 3. The summed E-state index contributed by atoms with van der Waals surface area (Å²) in [5.74, 6) is -0.886. The van der Waals surface area contributed by atoms with Gasteiger partial charge in [-0.15, -0.1) is 11.3 Å². The standard InChI is InChI=1S/C33H39F3N4O8S/c1-32(2)15-24-23(18-48-32)22(17-39(31(42)33(34,35)36)8-9-46-12-13-47-11-10-43-3)26-27-28(49-29(26)38-24)30(41)40(19-37-27)16-20-6-7-21(44-4)14-25(20)45-5/h6-7,14,19H,8-13,15-18H2,1-5H3. The van der Waals surface area contributed by atoms with Crippen molar-refractivity contribution < 1.29 is 46.4 Å². The highest BCUT2D eigenvalue weighted by atomic mass is 32.1. The number of hydrogen-bond donors (Lipinski definition) is 0. The fraction of sp³-hybridized carbons (Fsp3) is 0.515. The molecule has 0 atom stereocenters. The van der Waals surface area contributed by atoms with Crippen LogP contribution in [0.3, 0.4) is 0 Å². The van der Waals surface area contributed by atoms with Crippen molar-refractivity contribution in [2.75, 3.05) is 60.9 Å². The van der Waals surface area contributed by atoms with Crippen LogP contribution in [-0.4, -0.2) is 98.0 Å². The van der Waals surface area contributed by atoms with Crippen LogP contribution in [-0.2, 0) is 49.9 Å². The highest BCUT2D eigenvalue weighted by Crippen LogP contribution is 2.39. The minimum absolute atomic E-state index is 0.0651. The third-order valence-electron chi connectivity index (χ3n) is 8.12. The number of nitrogens with zero attached hydrogens (tertiary/aromatic N) is 4. The number of aromatic nitrogens is 3. The lowest BCUT2D eigenvalue weighted by molar-refractivity contribution is -0.186. The summed E-state index contributed by atoms with van der Waals surface area (Å²) in [7, 11) is 4.60. The molecule has 4 aromatic rings. The molecule has 0 spiro atoms. The first kappa shape index (κ1) is 36.5. The molecule has 266 valence electrons. The van der Waals surface area contributed by atoms with E-state index in [4.69, 9.17) is 33.4 Å². The van der Waals surface area contributed by atoms with Crippen molar-refractivity contribution in [1.29, 1.82) is 0 Å². The summed E-state index contributed by atoms with van der Waals surface area (Å²) in [6, 6.07) is 5.26. The van der Waals surface area contributed by atoms with E-state index in [9.17, 15) is 22.8 Å².